The van der Waals surface area contributed by atoms with Crippen molar-refractivity contribution in [1.82, 2.24) is 5.32 Å². The van der Waals surface area contributed by atoms with Crippen LogP contribution < -0.4 is 5.32 Å². The molecule has 1 saturated carbocycles. The minimum atomic E-state index is -0.0522. The van der Waals surface area contributed by atoms with Crippen molar-refractivity contribution < 1.29 is 9.53 Å². The number of hydrogen-bond acceptors (Lipinski definition) is 3. The molecule has 1 aliphatic heterocycles. The molecule has 3 heteroatoms. The maximum atomic E-state index is 12.1. The summed E-state index contributed by atoms with van der Waals surface area (Å²) in [6.07, 6.45) is 9.49. The molecule has 0 aromatic heterocycles. The van der Waals surface area contributed by atoms with Gasteiger partial charge < -0.3 is 10.1 Å². The first-order chi connectivity index (χ1) is 8.70. The molecule has 4 unspecified atom stereocenters. The number of ether oxygens (including phenoxy) is 1. The van der Waals surface area contributed by atoms with E-state index in [1.165, 1.54) is 32.1 Å². The molecular formula is C15H27NO2. The Bertz CT molecular complexity index is 280. The highest BCUT2D eigenvalue weighted by Crippen LogP contribution is 2.32. The summed E-state index contributed by atoms with van der Waals surface area (Å²) in [5.41, 5.74) is 0. The zero-order chi connectivity index (χ0) is 13.0. The van der Waals surface area contributed by atoms with Gasteiger partial charge in [-0.25, -0.2) is 0 Å². The standard InChI is InChI=1S/C15H27NO2/c1-3-6-11(2)18-15(17)14-10-9-12-7-4-5-8-13(12)16-14/h11-14,16H,3-10H2,1-2H3. The third kappa shape index (κ3) is 3.47. The van der Waals surface area contributed by atoms with Crippen molar-refractivity contribution in [3.8, 4) is 0 Å². The van der Waals surface area contributed by atoms with Gasteiger partial charge in [0.25, 0.3) is 0 Å². The van der Waals surface area contributed by atoms with Crippen molar-refractivity contribution >= 4 is 5.97 Å². The van der Waals surface area contributed by atoms with E-state index in [-0.39, 0.29) is 18.1 Å². The number of carbonyl (C=O) groups is 1. The average molecular weight is 253 g/mol. The second kappa shape index (κ2) is 6.55. The first-order valence-electron chi connectivity index (χ1n) is 7.67. The van der Waals surface area contributed by atoms with Gasteiger partial charge in [-0.2, -0.15) is 0 Å². The van der Waals surface area contributed by atoms with Crippen LogP contribution in [0.4, 0.5) is 0 Å². The Labute approximate surface area is 111 Å². The van der Waals surface area contributed by atoms with Gasteiger partial charge in [-0.15, -0.1) is 0 Å². The summed E-state index contributed by atoms with van der Waals surface area (Å²) in [5, 5.41) is 3.53. The van der Waals surface area contributed by atoms with Gasteiger partial charge in [0.05, 0.1) is 6.10 Å². The van der Waals surface area contributed by atoms with Gasteiger partial charge in [0.2, 0.25) is 0 Å². The van der Waals surface area contributed by atoms with Crippen LogP contribution in [0.1, 0.15) is 65.2 Å². The summed E-state index contributed by atoms with van der Waals surface area (Å²) in [4.78, 5) is 12.1. The number of fused-ring (bicyclic) bond motifs is 1. The number of nitrogens with one attached hydrogen (secondary N) is 1. The van der Waals surface area contributed by atoms with Crippen LogP contribution in [0.3, 0.4) is 0 Å². The van der Waals surface area contributed by atoms with Crippen molar-refractivity contribution in [3.63, 3.8) is 0 Å². The highest BCUT2D eigenvalue weighted by atomic mass is 16.5. The van der Waals surface area contributed by atoms with E-state index in [1.54, 1.807) is 0 Å². The fourth-order valence-electron chi connectivity index (χ4n) is 3.43. The Morgan fingerprint density at radius 3 is 2.83 bits per heavy atom. The molecule has 2 aliphatic rings. The third-order valence-corrected chi connectivity index (χ3v) is 4.45. The van der Waals surface area contributed by atoms with Gasteiger partial charge in [0.1, 0.15) is 6.04 Å². The summed E-state index contributed by atoms with van der Waals surface area (Å²) in [6, 6.07) is 0.509. The average Bonchev–Trinajstić information content (AvgIpc) is 2.38. The number of carbonyl (C=O) groups excluding carboxylic acids is 1. The Morgan fingerprint density at radius 2 is 2.06 bits per heavy atom. The van der Waals surface area contributed by atoms with E-state index < -0.39 is 0 Å². The van der Waals surface area contributed by atoms with Crippen LogP contribution in [0.15, 0.2) is 0 Å². The number of piperidine rings is 1. The van der Waals surface area contributed by atoms with Crippen molar-refractivity contribution in [1.29, 1.82) is 0 Å². The smallest absolute Gasteiger partial charge is 0.323 e. The van der Waals surface area contributed by atoms with Crippen LogP contribution in [-0.4, -0.2) is 24.2 Å². The molecule has 1 aliphatic carbocycles. The van der Waals surface area contributed by atoms with E-state index in [9.17, 15) is 4.79 Å². The van der Waals surface area contributed by atoms with Crippen LogP contribution in [-0.2, 0) is 9.53 Å². The predicted molar refractivity (Wildman–Crippen MR) is 72.4 cm³/mol. The second-order valence-corrected chi connectivity index (χ2v) is 5.98. The maximum Gasteiger partial charge on any atom is 0.323 e. The Kier molecular flexibility index (Phi) is 5.04. The van der Waals surface area contributed by atoms with E-state index >= 15 is 0 Å². The largest absolute Gasteiger partial charge is 0.462 e. The Balaban J connectivity index is 1.81. The van der Waals surface area contributed by atoms with Crippen molar-refractivity contribution in [2.45, 2.75) is 83.4 Å². The quantitative estimate of drug-likeness (QED) is 0.783. The summed E-state index contributed by atoms with van der Waals surface area (Å²) in [5.74, 6) is 0.774. The monoisotopic (exact) mass is 253 g/mol. The van der Waals surface area contributed by atoms with Gasteiger partial charge in [-0.1, -0.05) is 26.2 Å². The molecular weight excluding hydrogens is 226 g/mol. The molecule has 0 spiro atoms. The second-order valence-electron chi connectivity index (χ2n) is 5.98. The van der Waals surface area contributed by atoms with Crippen LogP contribution in [0.25, 0.3) is 0 Å². The molecule has 1 N–H and O–H groups in total. The zero-order valence-corrected chi connectivity index (χ0v) is 11.8. The molecule has 2 fully saturated rings. The van der Waals surface area contributed by atoms with Crippen molar-refractivity contribution in [3.05, 3.63) is 0 Å². The SMILES string of the molecule is CCCC(C)OC(=O)C1CCC2CCCCC2N1. The lowest BCUT2D eigenvalue weighted by atomic mass is 9.78. The normalized spacial score (nSPS) is 33.6. The lowest BCUT2D eigenvalue weighted by Gasteiger charge is -2.39. The van der Waals surface area contributed by atoms with Gasteiger partial charge >= 0.3 is 5.97 Å². The fourth-order valence-corrected chi connectivity index (χ4v) is 3.43. The predicted octanol–water partition coefficient (Wildman–Crippen LogP) is 3.03. The molecule has 3 nitrogen and oxygen atoms in total. The summed E-state index contributed by atoms with van der Waals surface area (Å²) in [6.45, 7) is 4.11. The molecule has 0 bridgehead atoms. The number of hydrogen-bond donors (Lipinski definition) is 1. The van der Waals surface area contributed by atoms with Crippen LogP contribution >= 0.6 is 0 Å². The molecule has 104 valence electrons. The molecule has 18 heavy (non-hydrogen) atoms. The van der Waals surface area contributed by atoms with E-state index in [1.807, 2.05) is 6.92 Å². The van der Waals surface area contributed by atoms with E-state index in [0.29, 0.717) is 6.04 Å². The molecule has 1 heterocycles. The Morgan fingerprint density at radius 1 is 1.28 bits per heavy atom. The molecule has 0 radical (unpaired) electrons. The fraction of sp³-hybridized carbons (Fsp3) is 0.933. The molecule has 1 saturated heterocycles. The lowest BCUT2D eigenvalue weighted by molar-refractivity contribution is -0.152. The first kappa shape index (κ1) is 13.9. The Hall–Kier alpha value is -0.570. The highest BCUT2D eigenvalue weighted by Gasteiger charge is 2.35. The molecule has 0 aromatic rings. The van der Waals surface area contributed by atoms with E-state index in [0.717, 1.165) is 25.2 Å². The minimum Gasteiger partial charge on any atom is -0.462 e. The zero-order valence-electron chi connectivity index (χ0n) is 11.8. The van der Waals surface area contributed by atoms with Crippen LogP contribution in [0.5, 0.6) is 0 Å². The summed E-state index contributed by atoms with van der Waals surface area (Å²) >= 11 is 0. The minimum absolute atomic E-state index is 0.0278. The number of esters is 1. The summed E-state index contributed by atoms with van der Waals surface area (Å²) < 4.78 is 5.51. The van der Waals surface area contributed by atoms with E-state index in [4.69, 9.17) is 4.74 Å². The summed E-state index contributed by atoms with van der Waals surface area (Å²) in [7, 11) is 0. The van der Waals surface area contributed by atoms with Crippen LogP contribution in [0, 0.1) is 5.92 Å². The van der Waals surface area contributed by atoms with E-state index in [2.05, 4.69) is 12.2 Å². The number of rotatable bonds is 4. The maximum absolute atomic E-state index is 12.1. The van der Waals surface area contributed by atoms with Crippen LogP contribution in [0.2, 0.25) is 0 Å². The third-order valence-electron chi connectivity index (χ3n) is 4.45. The van der Waals surface area contributed by atoms with Gasteiger partial charge in [-0.05, 0) is 44.9 Å². The van der Waals surface area contributed by atoms with Gasteiger partial charge in [0, 0.05) is 6.04 Å². The topological polar surface area (TPSA) is 38.3 Å². The molecule has 0 amide bonds. The molecule has 2 rings (SSSR count). The van der Waals surface area contributed by atoms with Gasteiger partial charge in [0.15, 0.2) is 0 Å². The van der Waals surface area contributed by atoms with Crippen molar-refractivity contribution in [2.75, 3.05) is 0 Å². The highest BCUT2D eigenvalue weighted by molar-refractivity contribution is 5.76. The lowest BCUT2D eigenvalue weighted by Crippen LogP contribution is -2.52. The van der Waals surface area contributed by atoms with Gasteiger partial charge in [-0.3, -0.25) is 4.79 Å². The first-order valence-corrected chi connectivity index (χ1v) is 7.67. The molecule has 4 atom stereocenters. The molecule has 0 aromatic carbocycles. The van der Waals surface area contributed by atoms with Crippen molar-refractivity contribution in [2.24, 2.45) is 5.92 Å².